The lowest BCUT2D eigenvalue weighted by Gasteiger charge is -2.35. The van der Waals surface area contributed by atoms with Gasteiger partial charge in [0.25, 0.3) is 5.91 Å². The normalized spacial score (nSPS) is 15.9. The smallest absolute Gasteiger partial charge is 0.252 e. The lowest BCUT2D eigenvalue weighted by Crippen LogP contribution is -2.52. The number of carbonyl (C=O) groups is 2. The maximum Gasteiger partial charge on any atom is 0.252 e. The van der Waals surface area contributed by atoms with E-state index in [1.165, 1.54) is 11.1 Å². The first-order valence-electron chi connectivity index (χ1n) is 10.4. The summed E-state index contributed by atoms with van der Waals surface area (Å²) in [6.07, 6.45) is 1.89. The molecular weight excluding hydrogens is 362 g/mol. The zero-order valence-corrected chi connectivity index (χ0v) is 17.5. The largest absolute Gasteiger partial charge is 0.399 e. The number of nitrogen functional groups attached to an aromatic ring is 1. The van der Waals surface area contributed by atoms with Crippen LogP contribution < -0.4 is 11.1 Å². The number of hydrogen-bond donors (Lipinski definition) is 2. The molecule has 0 aliphatic carbocycles. The Morgan fingerprint density at radius 3 is 2.31 bits per heavy atom. The minimum Gasteiger partial charge on any atom is -0.399 e. The number of nitrogens with zero attached hydrogens (tertiary/aromatic N) is 1. The SMILES string of the molecule is Cc1ccc(C2CCN(C(=O)[C@H](NC(=O)c3cccc(N)c3)C(C)C)CC2)cc1. The van der Waals surface area contributed by atoms with Crippen LogP contribution in [-0.2, 0) is 4.79 Å². The van der Waals surface area contributed by atoms with Gasteiger partial charge in [0.05, 0.1) is 0 Å². The molecule has 1 atom stereocenters. The van der Waals surface area contributed by atoms with Crippen LogP contribution in [0.4, 0.5) is 5.69 Å². The van der Waals surface area contributed by atoms with E-state index in [-0.39, 0.29) is 17.7 Å². The second kappa shape index (κ2) is 9.12. The van der Waals surface area contributed by atoms with Crippen molar-refractivity contribution in [2.45, 2.75) is 45.6 Å². The molecule has 154 valence electrons. The highest BCUT2D eigenvalue weighted by molar-refractivity contribution is 5.98. The average Bonchev–Trinajstić information content (AvgIpc) is 2.72. The molecule has 1 aliphatic heterocycles. The van der Waals surface area contributed by atoms with E-state index in [0.29, 0.717) is 17.2 Å². The first-order chi connectivity index (χ1) is 13.8. The third-order valence-electron chi connectivity index (χ3n) is 5.72. The van der Waals surface area contributed by atoms with Gasteiger partial charge in [0, 0.05) is 24.3 Å². The van der Waals surface area contributed by atoms with E-state index in [9.17, 15) is 9.59 Å². The summed E-state index contributed by atoms with van der Waals surface area (Å²) in [5.74, 6) is 0.222. The van der Waals surface area contributed by atoms with Crippen LogP contribution in [-0.4, -0.2) is 35.8 Å². The maximum atomic E-state index is 13.1. The van der Waals surface area contributed by atoms with Crippen molar-refractivity contribution in [2.75, 3.05) is 18.8 Å². The molecule has 29 heavy (non-hydrogen) atoms. The van der Waals surface area contributed by atoms with Gasteiger partial charge in [-0.1, -0.05) is 49.7 Å². The lowest BCUT2D eigenvalue weighted by atomic mass is 9.88. The van der Waals surface area contributed by atoms with Crippen molar-refractivity contribution in [3.63, 3.8) is 0 Å². The fraction of sp³-hybridized carbons (Fsp3) is 0.417. The van der Waals surface area contributed by atoms with Gasteiger partial charge in [0.1, 0.15) is 6.04 Å². The number of carbonyl (C=O) groups excluding carboxylic acids is 2. The number of nitrogens with one attached hydrogen (secondary N) is 1. The molecule has 1 aliphatic rings. The first-order valence-corrected chi connectivity index (χ1v) is 10.4. The molecule has 0 aromatic heterocycles. The molecule has 3 rings (SSSR count). The molecule has 0 radical (unpaired) electrons. The van der Waals surface area contributed by atoms with Crippen molar-refractivity contribution < 1.29 is 9.59 Å². The van der Waals surface area contributed by atoms with Crippen molar-refractivity contribution in [1.29, 1.82) is 0 Å². The predicted octanol–water partition coefficient (Wildman–Crippen LogP) is 3.74. The number of likely N-dealkylation sites (tertiary alicyclic amines) is 1. The highest BCUT2D eigenvalue weighted by Crippen LogP contribution is 2.28. The second-order valence-corrected chi connectivity index (χ2v) is 8.33. The molecule has 2 amide bonds. The summed E-state index contributed by atoms with van der Waals surface area (Å²) in [5, 5.41) is 2.92. The Hall–Kier alpha value is -2.82. The molecule has 3 N–H and O–H groups in total. The maximum absolute atomic E-state index is 13.1. The molecule has 1 heterocycles. The average molecular weight is 394 g/mol. The zero-order valence-electron chi connectivity index (χ0n) is 17.5. The van der Waals surface area contributed by atoms with Gasteiger partial charge in [-0.25, -0.2) is 0 Å². The fourth-order valence-corrected chi connectivity index (χ4v) is 3.89. The minimum absolute atomic E-state index is 0.000362. The van der Waals surface area contributed by atoms with Crippen LogP contribution >= 0.6 is 0 Å². The number of piperidine rings is 1. The van der Waals surface area contributed by atoms with Crippen molar-refractivity contribution in [3.05, 3.63) is 65.2 Å². The number of benzene rings is 2. The monoisotopic (exact) mass is 393 g/mol. The highest BCUT2D eigenvalue weighted by Gasteiger charge is 2.31. The summed E-state index contributed by atoms with van der Waals surface area (Å²) in [4.78, 5) is 27.7. The van der Waals surface area contributed by atoms with Gasteiger partial charge in [-0.15, -0.1) is 0 Å². The molecule has 0 bridgehead atoms. The Labute approximate surface area is 173 Å². The van der Waals surface area contributed by atoms with Crippen LogP contribution in [0.2, 0.25) is 0 Å². The van der Waals surface area contributed by atoms with Gasteiger partial charge in [-0.2, -0.15) is 0 Å². The van der Waals surface area contributed by atoms with Gasteiger partial charge >= 0.3 is 0 Å². The van der Waals surface area contributed by atoms with Crippen molar-refractivity contribution >= 4 is 17.5 Å². The first kappa shape index (κ1) is 20.9. The van der Waals surface area contributed by atoms with E-state index in [0.717, 1.165) is 25.9 Å². The van der Waals surface area contributed by atoms with Crippen LogP contribution in [0.3, 0.4) is 0 Å². The van der Waals surface area contributed by atoms with Crippen LogP contribution in [0.25, 0.3) is 0 Å². The van der Waals surface area contributed by atoms with E-state index in [4.69, 9.17) is 5.73 Å². The Balaban J connectivity index is 1.62. The summed E-state index contributed by atoms with van der Waals surface area (Å²) in [7, 11) is 0. The zero-order chi connectivity index (χ0) is 21.0. The van der Waals surface area contributed by atoms with Crippen molar-refractivity contribution in [3.8, 4) is 0 Å². The summed E-state index contributed by atoms with van der Waals surface area (Å²) >= 11 is 0. The van der Waals surface area contributed by atoms with E-state index in [1.807, 2.05) is 18.7 Å². The molecule has 0 saturated carbocycles. The Morgan fingerprint density at radius 2 is 1.72 bits per heavy atom. The van der Waals surface area contributed by atoms with Gasteiger partial charge in [0.15, 0.2) is 0 Å². The fourth-order valence-electron chi connectivity index (χ4n) is 3.89. The third kappa shape index (κ3) is 5.17. The number of aryl methyl sites for hydroxylation is 1. The van der Waals surface area contributed by atoms with Crippen molar-refractivity contribution in [2.24, 2.45) is 5.92 Å². The Bertz CT molecular complexity index is 853. The summed E-state index contributed by atoms with van der Waals surface area (Å²) in [6, 6.07) is 15.0. The van der Waals surface area contributed by atoms with Crippen LogP contribution in [0, 0.1) is 12.8 Å². The number of amides is 2. The topological polar surface area (TPSA) is 75.4 Å². The minimum atomic E-state index is -0.542. The van der Waals surface area contributed by atoms with Gasteiger partial charge in [-0.05, 0) is 55.4 Å². The van der Waals surface area contributed by atoms with E-state index in [1.54, 1.807) is 24.3 Å². The molecule has 5 nitrogen and oxygen atoms in total. The molecule has 1 fully saturated rings. The van der Waals surface area contributed by atoms with Crippen LogP contribution in [0.15, 0.2) is 48.5 Å². The van der Waals surface area contributed by atoms with E-state index in [2.05, 4.69) is 36.5 Å². The number of anilines is 1. The number of rotatable bonds is 5. The molecule has 0 unspecified atom stereocenters. The van der Waals surface area contributed by atoms with E-state index >= 15 is 0 Å². The van der Waals surface area contributed by atoms with Gasteiger partial charge in [0.2, 0.25) is 5.91 Å². The van der Waals surface area contributed by atoms with Crippen LogP contribution in [0.5, 0.6) is 0 Å². The van der Waals surface area contributed by atoms with Crippen LogP contribution in [0.1, 0.15) is 54.1 Å². The predicted molar refractivity (Wildman–Crippen MR) is 117 cm³/mol. The number of hydrogen-bond acceptors (Lipinski definition) is 3. The summed E-state index contributed by atoms with van der Waals surface area (Å²) in [6.45, 7) is 7.45. The Morgan fingerprint density at radius 1 is 1.07 bits per heavy atom. The number of nitrogens with two attached hydrogens (primary N) is 1. The molecule has 0 spiro atoms. The van der Waals surface area contributed by atoms with E-state index < -0.39 is 6.04 Å². The molecule has 2 aromatic rings. The highest BCUT2D eigenvalue weighted by atomic mass is 16.2. The quantitative estimate of drug-likeness (QED) is 0.760. The summed E-state index contributed by atoms with van der Waals surface area (Å²) in [5.41, 5.74) is 9.39. The molecule has 2 aromatic carbocycles. The van der Waals surface area contributed by atoms with Crippen molar-refractivity contribution in [1.82, 2.24) is 10.2 Å². The molecule has 1 saturated heterocycles. The molecule has 5 heteroatoms. The Kier molecular flexibility index (Phi) is 6.57. The van der Waals surface area contributed by atoms with Gasteiger partial charge < -0.3 is 16.0 Å². The molecular formula is C24H31N3O2. The summed E-state index contributed by atoms with van der Waals surface area (Å²) < 4.78 is 0. The lowest BCUT2D eigenvalue weighted by molar-refractivity contribution is -0.135. The second-order valence-electron chi connectivity index (χ2n) is 8.33. The standard InChI is InChI=1S/C24H31N3O2/c1-16(2)22(26-23(28)20-5-4-6-21(25)15-20)24(29)27-13-11-19(12-14-27)18-9-7-17(3)8-10-18/h4-10,15-16,19,22H,11-14,25H2,1-3H3,(H,26,28)/t22-/m1/s1. The third-order valence-corrected chi connectivity index (χ3v) is 5.72. The van der Waals surface area contributed by atoms with Gasteiger partial charge in [-0.3, -0.25) is 9.59 Å².